The Balaban J connectivity index is 2.83. The van der Waals surface area contributed by atoms with Crippen LogP contribution in [0.2, 0.25) is 0 Å². The molecule has 0 radical (unpaired) electrons. The van der Waals surface area contributed by atoms with E-state index in [4.69, 9.17) is 10.8 Å². The number of aliphatic hydroxyl groups is 1. The van der Waals surface area contributed by atoms with Gasteiger partial charge in [-0.2, -0.15) is 0 Å². The van der Waals surface area contributed by atoms with E-state index in [1.54, 1.807) is 0 Å². The molecule has 0 amide bonds. The quantitative estimate of drug-likeness (QED) is 0.736. The van der Waals surface area contributed by atoms with Gasteiger partial charge in [0.05, 0.1) is 15.7 Å². The van der Waals surface area contributed by atoms with Gasteiger partial charge in [0.25, 0.3) is 0 Å². The average Bonchev–Trinajstić information content (AvgIpc) is 2.18. The maximum atomic E-state index is 12.8. The van der Waals surface area contributed by atoms with Crippen LogP contribution in [0, 0.1) is 5.82 Å². The predicted octanol–water partition coefficient (Wildman–Crippen LogP) is 0.898. The molecule has 0 fully saturated rings. The van der Waals surface area contributed by atoms with Crippen LogP contribution >= 0.6 is 0 Å². The monoisotopic (exact) mass is 217 g/mol. The molecule has 0 aliphatic rings. The molecule has 0 saturated carbocycles. The molecule has 0 aliphatic heterocycles. The summed E-state index contributed by atoms with van der Waals surface area (Å²) in [5.41, 5.74) is 5.86. The summed E-state index contributed by atoms with van der Waals surface area (Å²) in [6.07, 6.45) is 0.419. The third kappa shape index (κ3) is 2.78. The molecular weight excluding hydrogens is 205 g/mol. The van der Waals surface area contributed by atoms with E-state index >= 15 is 0 Å². The highest BCUT2D eigenvalue weighted by atomic mass is 32.2. The SMILES string of the molecule is Nc1ccc(F)cc1S(=O)CCCO. The highest BCUT2D eigenvalue weighted by molar-refractivity contribution is 7.85. The Morgan fingerprint density at radius 3 is 2.86 bits per heavy atom. The largest absolute Gasteiger partial charge is 0.398 e. The zero-order chi connectivity index (χ0) is 10.6. The first kappa shape index (κ1) is 11.1. The lowest BCUT2D eigenvalue weighted by molar-refractivity contribution is 0.296. The maximum absolute atomic E-state index is 12.8. The fraction of sp³-hybridized carbons (Fsp3) is 0.333. The van der Waals surface area contributed by atoms with Crippen molar-refractivity contribution in [2.45, 2.75) is 11.3 Å². The Morgan fingerprint density at radius 2 is 2.21 bits per heavy atom. The number of rotatable bonds is 4. The van der Waals surface area contributed by atoms with E-state index in [0.29, 0.717) is 22.8 Å². The Morgan fingerprint density at radius 1 is 1.50 bits per heavy atom. The van der Waals surface area contributed by atoms with Gasteiger partial charge in [-0.05, 0) is 24.6 Å². The minimum absolute atomic E-state index is 0.0268. The molecule has 78 valence electrons. The van der Waals surface area contributed by atoms with Crippen LogP contribution in [0.1, 0.15) is 6.42 Å². The summed E-state index contributed by atoms with van der Waals surface area (Å²) in [6, 6.07) is 3.78. The molecule has 1 rings (SSSR count). The minimum Gasteiger partial charge on any atom is -0.398 e. The highest BCUT2D eigenvalue weighted by Crippen LogP contribution is 2.18. The Labute approximate surface area is 84.2 Å². The number of halogens is 1. The maximum Gasteiger partial charge on any atom is 0.124 e. The van der Waals surface area contributed by atoms with Crippen LogP contribution in [0.4, 0.5) is 10.1 Å². The van der Waals surface area contributed by atoms with Gasteiger partial charge < -0.3 is 10.8 Å². The number of aliphatic hydroxyl groups excluding tert-OH is 1. The number of nitrogens with two attached hydrogens (primary N) is 1. The van der Waals surface area contributed by atoms with Gasteiger partial charge in [0, 0.05) is 18.0 Å². The summed E-state index contributed by atoms with van der Waals surface area (Å²) >= 11 is 0. The predicted molar refractivity (Wildman–Crippen MR) is 53.8 cm³/mol. The van der Waals surface area contributed by atoms with Crippen LogP contribution in [0.25, 0.3) is 0 Å². The van der Waals surface area contributed by atoms with Crippen LogP contribution in [0.5, 0.6) is 0 Å². The van der Waals surface area contributed by atoms with Crippen molar-refractivity contribution >= 4 is 16.5 Å². The second-order valence-corrected chi connectivity index (χ2v) is 4.35. The lowest BCUT2D eigenvalue weighted by Gasteiger charge is -2.04. The van der Waals surface area contributed by atoms with Crippen molar-refractivity contribution in [2.75, 3.05) is 18.1 Å². The summed E-state index contributed by atoms with van der Waals surface area (Å²) in [5, 5.41) is 8.55. The Hall–Kier alpha value is -0.940. The minimum atomic E-state index is -1.33. The molecule has 0 aliphatic carbocycles. The van der Waals surface area contributed by atoms with Crippen molar-refractivity contribution in [2.24, 2.45) is 0 Å². The van der Waals surface area contributed by atoms with Crippen molar-refractivity contribution in [3.63, 3.8) is 0 Å². The van der Waals surface area contributed by atoms with Gasteiger partial charge in [-0.15, -0.1) is 0 Å². The standard InChI is InChI=1S/C9H12FNO2S/c10-7-2-3-8(11)9(6-7)14(13)5-1-4-12/h2-3,6,12H,1,4-5,11H2. The Kier molecular flexibility index (Phi) is 4.03. The van der Waals surface area contributed by atoms with Crippen LogP contribution in [-0.4, -0.2) is 21.7 Å². The molecule has 0 saturated heterocycles. The van der Waals surface area contributed by atoms with Crippen molar-refractivity contribution in [3.8, 4) is 0 Å². The van der Waals surface area contributed by atoms with E-state index in [2.05, 4.69) is 0 Å². The molecule has 0 heterocycles. The molecule has 1 aromatic rings. The number of nitrogen functional groups attached to an aromatic ring is 1. The third-order valence-corrected chi connectivity index (χ3v) is 3.21. The van der Waals surface area contributed by atoms with Gasteiger partial charge in [-0.1, -0.05) is 0 Å². The molecule has 1 aromatic carbocycles. The number of hydrogen-bond acceptors (Lipinski definition) is 3. The van der Waals surface area contributed by atoms with Gasteiger partial charge in [0.15, 0.2) is 0 Å². The summed E-state index contributed by atoms with van der Waals surface area (Å²) in [5.74, 6) is -0.156. The van der Waals surface area contributed by atoms with Crippen molar-refractivity contribution in [3.05, 3.63) is 24.0 Å². The van der Waals surface area contributed by atoms with E-state index in [0.717, 1.165) is 0 Å². The first-order chi connectivity index (χ1) is 6.65. The molecule has 1 unspecified atom stereocenters. The van der Waals surface area contributed by atoms with E-state index in [9.17, 15) is 8.60 Å². The summed E-state index contributed by atoms with van der Waals surface area (Å²) in [6.45, 7) is -0.0268. The van der Waals surface area contributed by atoms with Gasteiger partial charge in [0.1, 0.15) is 5.82 Å². The summed E-state index contributed by atoms with van der Waals surface area (Å²) < 4.78 is 24.3. The first-order valence-electron chi connectivity index (χ1n) is 4.19. The van der Waals surface area contributed by atoms with Crippen LogP contribution in [0.15, 0.2) is 23.1 Å². The fourth-order valence-corrected chi connectivity index (χ4v) is 2.20. The first-order valence-corrected chi connectivity index (χ1v) is 5.51. The molecule has 0 aromatic heterocycles. The summed E-state index contributed by atoms with van der Waals surface area (Å²) in [7, 11) is -1.33. The normalized spacial score (nSPS) is 12.7. The van der Waals surface area contributed by atoms with Crippen molar-refractivity contribution in [1.82, 2.24) is 0 Å². The molecule has 0 spiro atoms. The Bertz CT molecular complexity index is 344. The zero-order valence-corrected chi connectivity index (χ0v) is 8.39. The van der Waals surface area contributed by atoms with Crippen molar-refractivity contribution in [1.29, 1.82) is 0 Å². The lowest BCUT2D eigenvalue weighted by atomic mass is 10.3. The number of anilines is 1. The molecule has 3 nitrogen and oxygen atoms in total. The second-order valence-electron chi connectivity index (χ2n) is 2.81. The van der Waals surface area contributed by atoms with E-state index in [1.807, 2.05) is 0 Å². The average molecular weight is 217 g/mol. The topological polar surface area (TPSA) is 63.3 Å². The fourth-order valence-electron chi connectivity index (χ4n) is 1.01. The van der Waals surface area contributed by atoms with E-state index < -0.39 is 16.6 Å². The second kappa shape index (κ2) is 5.07. The van der Waals surface area contributed by atoms with Crippen LogP contribution < -0.4 is 5.73 Å². The van der Waals surface area contributed by atoms with Gasteiger partial charge in [-0.3, -0.25) is 4.21 Å². The zero-order valence-electron chi connectivity index (χ0n) is 7.57. The van der Waals surface area contributed by atoms with Crippen LogP contribution in [-0.2, 0) is 10.8 Å². The highest BCUT2D eigenvalue weighted by Gasteiger charge is 2.08. The molecule has 14 heavy (non-hydrogen) atoms. The van der Waals surface area contributed by atoms with Gasteiger partial charge in [0.2, 0.25) is 0 Å². The molecule has 1 atom stereocenters. The summed E-state index contributed by atoms with van der Waals surface area (Å²) in [4.78, 5) is 0.304. The molecular formula is C9H12FNO2S. The smallest absolute Gasteiger partial charge is 0.124 e. The molecule has 0 bridgehead atoms. The van der Waals surface area contributed by atoms with Crippen molar-refractivity contribution < 1.29 is 13.7 Å². The number of benzene rings is 1. The van der Waals surface area contributed by atoms with Gasteiger partial charge >= 0.3 is 0 Å². The van der Waals surface area contributed by atoms with E-state index in [-0.39, 0.29) is 6.61 Å². The van der Waals surface area contributed by atoms with E-state index in [1.165, 1.54) is 18.2 Å². The number of hydrogen-bond donors (Lipinski definition) is 2. The lowest BCUT2D eigenvalue weighted by Crippen LogP contribution is -2.04. The van der Waals surface area contributed by atoms with Gasteiger partial charge in [-0.25, -0.2) is 4.39 Å². The molecule has 5 heteroatoms. The third-order valence-electron chi connectivity index (χ3n) is 1.71. The van der Waals surface area contributed by atoms with Crippen LogP contribution in [0.3, 0.4) is 0 Å². The molecule has 3 N–H and O–H groups in total.